The Hall–Kier alpha value is -3.95. The smallest absolute Gasteiger partial charge is 0.254 e. The largest absolute Gasteiger partial charge is 0.378 e. The predicted octanol–water partition coefficient (Wildman–Crippen LogP) is 6.01. The highest BCUT2D eigenvalue weighted by Crippen LogP contribution is 2.35. The molecule has 1 saturated heterocycles. The molecule has 0 aliphatic carbocycles. The van der Waals surface area contributed by atoms with Gasteiger partial charge in [-0.2, -0.15) is 0 Å². The average molecular weight is 503 g/mol. The molecule has 0 radical (unpaired) electrons. The van der Waals surface area contributed by atoms with Crippen molar-refractivity contribution in [1.29, 1.82) is 0 Å². The lowest BCUT2D eigenvalue weighted by molar-refractivity contribution is 0.0302. The lowest BCUT2D eigenvalue weighted by Gasteiger charge is -2.27. The van der Waals surface area contributed by atoms with Gasteiger partial charge in [-0.3, -0.25) is 9.78 Å². The Balaban J connectivity index is 1.37. The van der Waals surface area contributed by atoms with E-state index in [9.17, 15) is 4.79 Å². The molecule has 0 spiro atoms. The summed E-state index contributed by atoms with van der Waals surface area (Å²) in [5.41, 5.74) is 4.71. The molecule has 0 atom stereocenters. The summed E-state index contributed by atoms with van der Waals surface area (Å²) >= 11 is 1.55. The van der Waals surface area contributed by atoms with E-state index in [4.69, 9.17) is 4.74 Å². The highest BCUT2D eigenvalue weighted by molar-refractivity contribution is 7.16. The lowest BCUT2D eigenvalue weighted by atomic mass is 9.99. The van der Waals surface area contributed by atoms with Crippen LogP contribution >= 0.6 is 11.3 Å². The third-order valence-electron chi connectivity index (χ3n) is 6.26. The van der Waals surface area contributed by atoms with Crippen LogP contribution in [-0.2, 0) is 4.74 Å². The van der Waals surface area contributed by atoms with Gasteiger partial charge in [-0.05, 0) is 48.5 Å². The number of thiazole rings is 1. The van der Waals surface area contributed by atoms with Gasteiger partial charge in [-0.1, -0.05) is 6.07 Å². The molecule has 1 aliphatic heterocycles. The van der Waals surface area contributed by atoms with Crippen molar-refractivity contribution in [3.05, 3.63) is 83.5 Å². The van der Waals surface area contributed by atoms with E-state index in [1.165, 1.54) is 24.3 Å². The minimum absolute atomic E-state index is 0.0756. The van der Waals surface area contributed by atoms with Crippen LogP contribution in [0, 0.1) is 11.6 Å². The lowest BCUT2D eigenvalue weighted by Crippen LogP contribution is -2.40. The number of amides is 1. The van der Waals surface area contributed by atoms with E-state index in [1.807, 2.05) is 18.2 Å². The number of carbonyl (C=O) groups excluding carboxylic acids is 1. The summed E-state index contributed by atoms with van der Waals surface area (Å²) in [5, 5.41) is 3.51. The number of carbonyl (C=O) groups is 1. The van der Waals surface area contributed by atoms with Crippen LogP contribution in [0.25, 0.3) is 32.2 Å². The zero-order valence-electron chi connectivity index (χ0n) is 19.0. The van der Waals surface area contributed by atoms with Gasteiger partial charge >= 0.3 is 0 Å². The third-order valence-corrected chi connectivity index (χ3v) is 7.07. The molecule has 1 N–H and O–H groups in total. The third kappa shape index (κ3) is 4.06. The number of halogens is 2. The standard InChI is InChI=1S/C27H20F2N4O2S/c28-20-13-16(27(34)33-9-11-35-12-10-33)1-3-18(20)19-4-5-21-25(26(19)29)22(7-8-30-21)32-17-2-6-24-23(14-17)31-15-36-24/h1-8,13-15H,9-12H2,(H,30,32). The molecule has 1 fully saturated rings. The number of nitrogens with one attached hydrogen (secondary N) is 1. The fourth-order valence-corrected chi connectivity index (χ4v) is 5.08. The molecule has 3 aromatic carbocycles. The number of ether oxygens (including phenoxy) is 1. The summed E-state index contributed by atoms with van der Waals surface area (Å²) in [6.45, 7) is 1.83. The first-order chi connectivity index (χ1) is 17.6. The van der Waals surface area contributed by atoms with Crippen LogP contribution in [0.5, 0.6) is 0 Å². The number of benzene rings is 3. The molecule has 180 valence electrons. The van der Waals surface area contributed by atoms with E-state index >= 15 is 8.78 Å². The van der Waals surface area contributed by atoms with E-state index in [-0.39, 0.29) is 28.0 Å². The van der Waals surface area contributed by atoms with Crippen LogP contribution in [0.15, 0.2) is 66.3 Å². The number of hydrogen-bond donors (Lipinski definition) is 1. The molecule has 2 aromatic heterocycles. The molecule has 5 aromatic rings. The Morgan fingerprint density at radius 1 is 0.944 bits per heavy atom. The average Bonchev–Trinajstić information content (AvgIpc) is 3.37. The van der Waals surface area contributed by atoms with Crippen molar-refractivity contribution in [3.8, 4) is 11.1 Å². The summed E-state index contributed by atoms with van der Waals surface area (Å²) in [6, 6.07) is 14.8. The summed E-state index contributed by atoms with van der Waals surface area (Å²) in [4.78, 5) is 23.0. The van der Waals surface area contributed by atoms with Crippen molar-refractivity contribution in [2.45, 2.75) is 0 Å². The molecule has 1 amide bonds. The quantitative estimate of drug-likeness (QED) is 0.326. The minimum atomic E-state index is -0.667. The zero-order valence-corrected chi connectivity index (χ0v) is 19.8. The van der Waals surface area contributed by atoms with Crippen molar-refractivity contribution in [1.82, 2.24) is 14.9 Å². The van der Waals surface area contributed by atoms with Crippen molar-refractivity contribution in [2.24, 2.45) is 0 Å². The van der Waals surface area contributed by atoms with Gasteiger partial charge in [0.15, 0.2) is 0 Å². The first-order valence-electron chi connectivity index (χ1n) is 11.4. The second-order valence-electron chi connectivity index (χ2n) is 8.44. The van der Waals surface area contributed by atoms with Crippen LogP contribution in [-0.4, -0.2) is 47.1 Å². The molecule has 0 saturated carbocycles. The van der Waals surface area contributed by atoms with Crippen molar-refractivity contribution in [3.63, 3.8) is 0 Å². The Kier molecular flexibility index (Phi) is 5.79. The van der Waals surface area contributed by atoms with E-state index in [2.05, 4.69) is 15.3 Å². The molecule has 9 heteroatoms. The van der Waals surface area contributed by atoms with Crippen LogP contribution in [0.1, 0.15) is 10.4 Å². The maximum atomic E-state index is 15.9. The Morgan fingerprint density at radius 3 is 2.61 bits per heavy atom. The molecule has 6 nitrogen and oxygen atoms in total. The van der Waals surface area contributed by atoms with Crippen LogP contribution < -0.4 is 5.32 Å². The van der Waals surface area contributed by atoms with Crippen molar-refractivity contribution in [2.75, 3.05) is 31.6 Å². The monoisotopic (exact) mass is 502 g/mol. The van der Waals surface area contributed by atoms with E-state index < -0.39 is 11.6 Å². The Bertz CT molecular complexity index is 1610. The van der Waals surface area contributed by atoms with Crippen LogP contribution in [0.3, 0.4) is 0 Å². The maximum Gasteiger partial charge on any atom is 0.254 e. The molecule has 1 aliphatic rings. The van der Waals surface area contributed by atoms with Gasteiger partial charge in [-0.25, -0.2) is 13.8 Å². The topological polar surface area (TPSA) is 67.4 Å². The summed E-state index contributed by atoms with van der Waals surface area (Å²) in [6.07, 6.45) is 1.60. The zero-order chi connectivity index (χ0) is 24.6. The Morgan fingerprint density at radius 2 is 1.78 bits per heavy atom. The second kappa shape index (κ2) is 9.25. The molecular formula is C27H20F2N4O2S. The fraction of sp³-hybridized carbons (Fsp3) is 0.148. The van der Waals surface area contributed by atoms with Gasteiger partial charge in [0, 0.05) is 41.7 Å². The number of nitrogens with zero attached hydrogens (tertiary/aromatic N) is 3. The van der Waals surface area contributed by atoms with E-state index in [0.29, 0.717) is 37.5 Å². The van der Waals surface area contributed by atoms with Gasteiger partial charge in [-0.15, -0.1) is 11.3 Å². The molecule has 6 rings (SSSR count). The molecule has 3 heterocycles. The number of anilines is 2. The normalized spacial score (nSPS) is 13.9. The number of pyridine rings is 1. The first kappa shape index (κ1) is 22.5. The fourth-order valence-electron chi connectivity index (χ4n) is 4.42. The van der Waals surface area contributed by atoms with Gasteiger partial charge in [0.1, 0.15) is 11.6 Å². The molecule has 0 bridgehead atoms. The van der Waals surface area contributed by atoms with Crippen LogP contribution in [0.4, 0.5) is 20.2 Å². The number of morpholine rings is 1. The van der Waals surface area contributed by atoms with Gasteiger partial charge in [0.2, 0.25) is 0 Å². The number of hydrogen-bond acceptors (Lipinski definition) is 6. The SMILES string of the molecule is O=C(c1ccc(-c2ccc3nccc(Nc4ccc5scnc5c4)c3c2F)c(F)c1)N1CCOCC1. The van der Waals surface area contributed by atoms with Gasteiger partial charge < -0.3 is 15.0 Å². The highest BCUT2D eigenvalue weighted by atomic mass is 32.1. The van der Waals surface area contributed by atoms with E-state index in [1.54, 1.807) is 40.1 Å². The Labute approximate surface area is 209 Å². The maximum absolute atomic E-state index is 15.9. The summed E-state index contributed by atoms with van der Waals surface area (Å²) in [7, 11) is 0. The van der Waals surface area contributed by atoms with Crippen molar-refractivity contribution < 1.29 is 18.3 Å². The van der Waals surface area contributed by atoms with Gasteiger partial charge in [0.25, 0.3) is 5.91 Å². The number of fused-ring (bicyclic) bond motifs is 2. The van der Waals surface area contributed by atoms with Gasteiger partial charge in [0.05, 0.1) is 45.5 Å². The summed E-state index contributed by atoms with van der Waals surface area (Å²) < 4.78 is 37.4. The van der Waals surface area contributed by atoms with Crippen LogP contribution in [0.2, 0.25) is 0 Å². The summed E-state index contributed by atoms with van der Waals surface area (Å²) in [5.74, 6) is -1.53. The second-order valence-corrected chi connectivity index (χ2v) is 9.33. The molecule has 36 heavy (non-hydrogen) atoms. The molecular weight excluding hydrogens is 482 g/mol. The first-order valence-corrected chi connectivity index (χ1v) is 12.3. The minimum Gasteiger partial charge on any atom is -0.378 e. The number of aromatic nitrogens is 2. The highest BCUT2D eigenvalue weighted by Gasteiger charge is 2.21. The van der Waals surface area contributed by atoms with E-state index in [0.717, 1.165) is 15.9 Å². The van der Waals surface area contributed by atoms with Crippen molar-refractivity contribution >= 4 is 49.7 Å². The number of rotatable bonds is 4. The molecule has 0 unspecified atom stereocenters. The predicted molar refractivity (Wildman–Crippen MR) is 137 cm³/mol.